The molecule has 2 aromatic heterocycles. The fraction of sp³-hybridized carbons (Fsp3) is 0.241. The highest BCUT2D eigenvalue weighted by molar-refractivity contribution is 6.00. The molecule has 1 amide bonds. The molecular weight excluding hydrogens is 501 g/mol. The van der Waals surface area contributed by atoms with Crippen LogP contribution in [-0.2, 0) is 13.0 Å². The smallest absolute Gasteiger partial charge is 0.294 e. The number of halogens is 1. The number of ether oxygens (including phenoxy) is 1. The lowest BCUT2D eigenvalue weighted by molar-refractivity contribution is 0.0605. The van der Waals surface area contributed by atoms with E-state index in [9.17, 15) is 19.1 Å². The zero-order valence-electron chi connectivity index (χ0n) is 21.3. The van der Waals surface area contributed by atoms with Gasteiger partial charge in [-0.1, -0.05) is 24.3 Å². The van der Waals surface area contributed by atoms with Crippen molar-refractivity contribution in [2.75, 3.05) is 7.11 Å². The number of nitrogens with zero attached hydrogens (tertiary/aromatic N) is 4. The maximum atomic E-state index is 14.5. The topological polar surface area (TPSA) is 113 Å². The molecule has 5 aromatic rings. The van der Waals surface area contributed by atoms with Crippen LogP contribution >= 0.6 is 0 Å². The van der Waals surface area contributed by atoms with Crippen LogP contribution in [0.15, 0.2) is 53.3 Å². The number of hydrogen-bond acceptors (Lipinski definition) is 6. The Kier molecular flexibility index (Phi) is 4.88. The van der Waals surface area contributed by atoms with Crippen molar-refractivity contribution in [3.8, 4) is 22.9 Å². The van der Waals surface area contributed by atoms with Crippen molar-refractivity contribution < 1.29 is 19.0 Å². The molecule has 1 fully saturated rings. The number of methoxy groups -OCH3 is 1. The van der Waals surface area contributed by atoms with Crippen LogP contribution in [0.2, 0.25) is 0 Å². The van der Waals surface area contributed by atoms with E-state index < -0.39 is 17.1 Å². The number of hydrogen-bond donors (Lipinski definition) is 2. The van der Waals surface area contributed by atoms with Gasteiger partial charge in [-0.3, -0.25) is 14.0 Å². The van der Waals surface area contributed by atoms with Gasteiger partial charge >= 0.3 is 0 Å². The van der Waals surface area contributed by atoms with Crippen molar-refractivity contribution in [2.24, 2.45) is 0 Å². The van der Waals surface area contributed by atoms with Crippen LogP contribution in [0.5, 0.6) is 11.5 Å². The number of H-pyrrole nitrogens is 1. The summed E-state index contributed by atoms with van der Waals surface area (Å²) in [5, 5.41) is 18.1. The Hall–Kier alpha value is -4.73. The maximum absolute atomic E-state index is 14.5. The van der Waals surface area contributed by atoms with E-state index in [1.807, 2.05) is 30.0 Å². The number of carbonyl (C=O) groups is 1. The third-order valence-corrected chi connectivity index (χ3v) is 8.05. The van der Waals surface area contributed by atoms with E-state index in [0.29, 0.717) is 23.1 Å². The minimum Gasteiger partial charge on any atom is -0.502 e. The van der Waals surface area contributed by atoms with Crippen LogP contribution in [0.4, 0.5) is 4.39 Å². The summed E-state index contributed by atoms with van der Waals surface area (Å²) in [6, 6.07) is 14.3. The summed E-state index contributed by atoms with van der Waals surface area (Å²) in [6.45, 7) is 2.40. The van der Waals surface area contributed by atoms with E-state index in [1.54, 1.807) is 6.07 Å². The number of phenolic OH excluding ortho intramolecular Hbond substituents is 1. The van der Waals surface area contributed by atoms with E-state index in [-0.39, 0.29) is 34.2 Å². The molecule has 0 bridgehead atoms. The Balaban J connectivity index is 1.37. The van der Waals surface area contributed by atoms with E-state index in [4.69, 9.17) is 4.74 Å². The van der Waals surface area contributed by atoms with Crippen molar-refractivity contribution >= 4 is 22.6 Å². The average molecular weight is 526 g/mol. The molecule has 1 aliphatic carbocycles. The summed E-state index contributed by atoms with van der Waals surface area (Å²) < 4.78 is 21.1. The zero-order valence-corrected chi connectivity index (χ0v) is 21.3. The largest absolute Gasteiger partial charge is 0.502 e. The summed E-state index contributed by atoms with van der Waals surface area (Å²) in [5.74, 6) is -1.46. The van der Waals surface area contributed by atoms with Crippen molar-refractivity contribution in [1.29, 1.82) is 0 Å². The first kappa shape index (κ1) is 23.4. The first-order chi connectivity index (χ1) is 18.8. The highest BCUT2D eigenvalue weighted by Gasteiger charge is 2.52. The van der Waals surface area contributed by atoms with Gasteiger partial charge in [0.25, 0.3) is 11.5 Å². The van der Waals surface area contributed by atoms with Gasteiger partial charge in [-0.15, -0.1) is 10.2 Å². The Morgan fingerprint density at radius 1 is 1.13 bits per heavy atom. The van der Waals surface area contributed by atoms with E-state index in [0.717, 1.165) is 36.5 Å². The lowest BCUT2D eigenvalue weighted by Gasteiger charge is -2.38. The van der Waals surface area contributed by atoms with Crippen LogP contribution in [0, 0.1) is 12.7 Å². The van der Waals surface area contributed by atoms with Crippen molar-refractivity contribution in [3.63, 3.8) is 0 Å². The Labute approximate surface area is 221 Å². The number of carbonyl (C=O) groups excluding carboxylic acids is 1. The normalized spacial score (nSPS) is 15.6. The molecule has 0 unspecified atom stereocenters. The van der Waals surface area contributed by atoms with Gasteiger partial charge in [-0.25, -0.2) is 4.39 Å². The molecule has 3 aromatic carbocycles. The zero-order chi connectivity index (χ0) is 27.1. The monoisotopic (exact) mass is 525 g/mol. The molecule has 10 heteroatoms. The Morgan fingerprint density at radius 2 is 1.90 bits per heavy atom. The number of nitrogens with one attached hydrogen (secondary N) is 1. The fourth-order valence-corrected chi connectivity index (χ4v) is 5.79. The van der Waals surface area contributed by atoms with Crippen molar-refractivity contribution in [2.45, 2.75) is 38.3 Å². The molecular formula is C29H24FN5O4. The highest BCUT2D eigenvalue weighted by atomic mass is 19.1. The predicted molar refractivity (Wildman–Crippen MR) is 141 cm³/mol. The lowest BCUT2D eigenvalue weighted by atomic mass is 9.91. The number of phenols is 1. The minimum absolute atomic E-state index is 0.0213. The molecule has 9 nitrogen and oxygen atoms in total. The van der Waals surface area contributed by atoms with Gasteiger partial charge in [0.05, 0.1) is 18.1 Å². The average Bonchev–Trinajstić information content (AvgIpc) is 3.53. The molecule has 196 valence electrons. The van der Waals surface area contributed by atoms with Gasteiger partial charge in [0.15, 0.2) is 23.1 Å². The van der Waals surface area contributed by atoms with E-state index >= 15 is 0 Å². The number of fused-ring (bicyclic) bond motifs is 4. The quantitative estimate of drug-likeness (QED) is 0.366. The van der Waals surface area contributed by atoms with Gasteiger partial charge in [0.1, 0.15) is 0 Å². The van der Waals surface area contributed by atoms with Crippen molar-refractivity contribution in [3.05, 3.63) is 87.0 Å². The standard InChI is InChI=1S/C29H24FN5O4/c1-15-9-22-21(12-19(15)28(38)34-14-17-6-4-3-5-16(17)13-29(34)7-8-29)31-27(37)26-33-32-25(35(22)26)18-10-20(30)24(36)23(11-18)39-2/h3-6,9-12,36H,7-8,13-14H2,1-2H3,(H,31,37). The van der Waals surface area contributed by atoms with Gasteiger partial charge in [-0.05, 0) is 67.1 Å². The minimum atomic E-state index is -0.892. The molecule has 1 aliphatic heterocycles. The second-order valence-electron chi connectivity index (χ2n) is 10.4. The molecule has 3 heterocycles. The van der Waals surface area contributed by atoms with Gasteiger partial charge in [0, 0.05) is 23.2 Å². The summed E-state index contributed by atoms with van der Waals surface area (Å²) in [4.78, 5) is 31.8. The van der Waals surface area contributed by atoms with Gasteiger partial charge < -0.3 is 19.7 Å². The summed E-state index contributed by atoms with van der Waals surface area (Å²) in [6.07, 6.45) is 2.78. The second-order valence-corrected chi connectivity index (χ2v) is 10.4. The van der Waals surface area contributed by atoms with Crippen LogP contribution in [0.1, 0.15) is 39.9 Å². The van der Waals surface area contributed by atoms with Crippen LogP contribution < -0.4 is 10.3 Å². The number of amides is 1. The Bertz CT molecular complexity index is 1910. The molecule has 1 saturated carbocycles. The van der Waals surface area contributed by atoms with Crippen LogP contribution in [-0.4, -0.2) is 48.1 Å². The molecule has 1 spiro atoms. The van der Waals surface area contributed by atoms with E-state index in [1.165, 1.54) is 23.1 Å². The molecule has 39 heavy (non-hydrogen) atoms. The molecule has 0 saturated heterocycles. The van der Waals surface area contributed by atoms with Crippen LogP contribution in [0.3, 0.4) is 0 Å². The molecule has 2 N–H and O–H groups in total. The molecule has 0 atom stereocenters. The number of aromatic hydroxyl groups is 1. The lowest BCUT2D eigenvalue weighted by Crippen LogP contribution is -2.46. The number of benzene rings is 3. The molecule has 2 aliphatic rings. The number of aryl methyl sites for hydroxylation is 1. The van der Waals surface area contributed by atoms with Crippen molar-refractivity contribution in [1.82, 2.24) is 24.5 Å². The summed E-state index contributed by atoms with van der Waals surface area (Å²) in [5.41, 5.74) is 4.29. The predicted octanol–water partition coefficient (Wildman–Crippen LogP) is 4.13. The highest BCUT2D eigenvalue weighted by Crippen LogP contribution is 2.49. The SMILES string of the molecule is COc1cc(-c2nnc3c(=O)[nH]c4cc(C(=O)N5Cc6ccccc6CC56CC6)c(C)cc4n23)cc(F)c1O. The first-order valence-corrected chi connectivity index (χ1v) is 12.7. The number of rotatable bonds is 3. The maximum Gasteiger partial charge on any atom is 0.294 e. The number of aromatic amines is 1. The summed E-state index contributed by atoms with van der Waals surface area (Å²) in [7, 11) is 1.31. The van der Waals surface area contributed by atoms with Gasteiger partial charge in [0.2, 0.25) is 5.65 Å². The fourth-order valence-electron chi connectivity index (χ4n) is 5.79. The first-order valence-electron chi connectivity index (χ1n) is 12.7. The second kappa shape index (κ2) is 8.13. The summed E-state index contributed by atoms with van der Waals surface area (Å²) >= 11 is 0. The van der Waals surface area contributed by atoms with Crippen LogP contribution in [0.25, 0.3) is 28.1 Å². The van der Waals surface area contributed by atoms with E-state index in [2.05, 4.69) is 27.3 Å². The third-order valence-electron chi connectivity index (χ3n) is 8.05. The number of aromatic nitrogens is 4. The van der Waals surface area contributed by atoms with Gasteiger partial charge in [-0.2, -0.15) is 0 Å². The molecule has 0 radical (unpaired) electrons. The molecule has 7 rings (SSSR count). The Morgan fingerprint density at radius 3 is 2.64 bits per heavy atom. The third kappa shape index (κ3) is 3.44.